The lowest BCUT2D eigenvalue weighted by molar-refractivity contribution is -0.122. The summed E-state index contributed by atoms with van der Waals surface area (Å²) in [6.45, 7) is 7.32. The van der Waals surface area contributed by atoms with Crippen LogP contribution in [0.4, 0.5) is 0 Å². The number of hydrogen-bond donors (Lipinski definition) is 1. The molecule has 1 amide bonds. The maximum Gasteiger partial charge on any atom is 0.223 e. The largest absolute Gasteiger partial charge is 0.356 e. The lowest BCUT2D eigenvalue weighted by Crippen LogP contribution is -2.17. The molecular weight excluding hydrogens is 138 g/mol. The lowest BCUT2D eigenvalue weighted by Gasteiger charge is -2.14. The Kier molecular flexibility index (Phi) is 2.53. The molecule has 2 atom stereocenters. The van der Waals surface area contributed by atoms with Crippen molar-refractivity contribution in [2.24, 2.45) is 17.8 Å². The van der Waals surface area contributed by atoms with Gasteiger partial charge in [0.2, 0.25) is 5.91 Å². The summed E-state index contributed by atoms with van der Waals surface area (Å²) in [5, 5.41) is 2.89. The van der Waals surface area contributed by atoms with Crippen LogP contribution in [0, 0.1) is 17.8 Å². The predicted molar refractivity (Wildman–Crippen MR) is 45.1 cm³/mol. The van der Waals surface area contributed by atoms with Gasteiger partial charge in [-0.25, -0.2) is 0 Å². The molecule has 0 bridgehead atoms. The number of nitrogens with one attached hydrogen (secondary N) is 1. The molecule has 11 heavy (non-hydrogen) atoms. The Morgan fingerprint density at radius 1 is 1.64 bits per heavy atom. The van der Waals surface area contributed by atoms with Crippen molar-refractivity contribution >= 4 is 5.91 Å². The second kappa shape index (κ2) is 3.24. The summed E-state index contributed by atoms with van der Waals surface area (Å²) >= 11 is 0. The molecule has 1 heterocycles. The molecule has 2 heteroatoms. The molecule has 1 rings (SSSR count). The quantitative estimate of drug-likeness (QED) is 0.642. The summed E-state index contributed by atoms with van der Waals surface area (Å²) in [5.74, 6) is 1.74. The van der Waals surface area contributed by atoms with E-state index in [1.165, 1.54) is 6.42 Å². The zero-order chi connectivity index (χ0) is 8.43. The van der Waals surface area contributed by atoms with E-state index >= 15 is 0 Å². The van der Waals surface area contributed by atoms with Gasteiger partial charge in [0.05, 0.1) is 0 Å². The summed E-state index contributed by atoms with van der Waals surface area (Å²) in [6, 6.07) is 0. The maximum atomic E-state index is 11.1. The Morgan fingerprint density at radius 2 is 2.27 bits per heavy atom. The lowest BCUT2D eigenvalue weighted by atomic mass is 9.89. The van der Waals surface area contributed by atoms with E-state index in [0.717, 1.165) is 6.54 Å². The van der Waals surface area contributed by atoms with Crippen molar-refractivity contribution in [3.05, 3.63) is 0 Å². The van der Waals surface area contributed by atoms with Gasteiger partial charge in [0.1, 0.15) is 0 Å². The fraction of sp³-hybridized carbons (Fsp3) is 0.889. The molecule has 1 N–H and O–H groups in total. The van der Waals surface area contributed by atoms with Crippen molar-refractivity contribution in [3.63, 3.8) is 0 Å². The van der Waals surface area contributed by atoms with Crippen molar-refractivity contribution in [2.45, 2.75) is 27.2 Å². The molecule has 64 valence electrons. The molecule has 1 aliphatic heterocycles. The van der Waals surface area contributed by atoms with Crippen LogP contribution in [0.25, 0.3) is 0 Å². The number of amides is 1. The number of rotatable bonds is 2. The van der Waals surface area contributed by atoms with Gasteiger partial charge in [-0.15, -0.1) is 0 Å². The molecular formula is C9H17NO. The Bertz CT molecular complexity index is 154. The smallest absolute Gasteiger partial charge is 0.223 e. The van der Waals surface area contributed by atoms with Gasteiger partial charge in [-0.2, -0.15) is 0 Å². The Morgan fingerprint density at radius 3 is 2.64 bits per heavy atom. The molecule has 1 aliphatic rings. The third-order valence-corrected chi connectivity index (χ3v) is 2.43. The van der Waals surface area contributed by atoms with Gasteiger partial charge in [0, 0.05) is 12.5 Å². The first-order chi connectivity index (χ1) is 5.11. The summed E-state index contributed by atoms with van der Waals surface area (Å²) in [5.41, 5.74) is 0. The average Bonchev–Trinajstić information content (AvgIpc) is 2.18. The second-order valence-electron chi connectivity index (χ2n) is 3.92. The molecule has 0 aromatic carbocycles. The highest BCUT2D eigenvalue weighted by molar-refractivity contribution is 5.80. The van der Waals surface area contributed by atoms with Crippen LogP contribution in [0.3, 0.4) is 0 Å². The van der Waals surface area contributed by atoms with Crippen molar-refractivity contribution < 1.29 is 4.79 Å². The molecule has 0 radical (unpaired) electrons. The molecule has 0 aromatic heterocycles. The van der Waals surface area contributed by atoms with Gasteiger partial charge >= 0.3 is 0 Å². The van der Waals surface area contributed by atoms with Gasteiger partial charge in [0.15, 0.2) is 0 Å². The molecule has 0 spiro atoms. The summed E-state index contributed by atoms with van der Waals surface area (Å²) in [6.07, 6.45) is 1.17. The average molecular weight is 155 g/mol. The fourth-order valence-corrected chi connectivity index (χ4v) is 1.68. The second-order valence-corrected chi connectivity index (χ2v) is 3.92. The van der Waals surface area contributed by atoms with Crippen LogP contribution in [0.15, 0.2) is 0 Å². The highest BCUT2D eigenvalue weighted by Crippen LogP contribution is 2.23. The van der Waals surface area contributed by atoms with Gasteiger partial charge in [-0.05, 0) is 18.3 Å². The SMILES string of the molecule is CC(C)C[C@@H]1CNC(=O)[C@H]1C. The standard InChI is InChI=1S/C9H17NO/c1-6(2)4-8-5-10-9(11)7(8)3/h6-8H,4-5H2,1-3H3,(H,10,11)/t7-,8+/m0/s1. The van der Waals surface area contributed by atoms with Gasteiger partial charge < -0.3 is 5.32 Å². The predicted octanol–water partition coefficient (Wildman–Crippen LogP) is 1.41. The Balaban J connectivity index is 2.42. The van der Waals surface area contributed by atoms with E-state index in [2.05, 4.69) is 19.2 Å². The van der Waals surface area contributed by atoms with Crippen LogP contribution >= 0.6 is 0 Å². The Labute approximate surface area is 68.4 Å². The fourth-order valence-electron chi connectivity index (χ4n) is 1.68. The Hall–Kier alpha value is -0.530. The topological polar surface area (TPSA) is 29.1 Å². The van der Waals surface area contributed by atoms with E-state index in [-0.39, 0.29) is 11.8 Å². The minimum absolute atomic E-state index is 0.232. The third-order valence-electron chi connectivity index (χ3n) is 2.43. The summed E-state index contributed by atoms with van der Waals surface area (Å²) in [7, 11) is 0. The summed E-state index contributed by atoms with van der Waals surface area (Å²) in [4.78, 5) is 11.1. The van der Waals surface area contributed by atoms with Crippen LogP contribution in [-0.4, -0.2) is 12.5 Å². The van der Waals surface area contributed by atoms with Crippen molar-refractivity contribution in [1.29, 1.82) is 0 Å². The minimum atomic E-state index is 0.232. The van der Waals surface area contributed by atoms with Crippen LogP contribution in [0.2, 0.25) is 0 Å². The molecule has 0 aliphatic carbocycles. The monoisotopic (exact) mass is 155 g/mol. The number of carbonyl (C=O) groups is 1. The van der Waals surface area contributed by atoms with Crippen LogP contribution in [0.1, 0.15) is 27.2 Å². The van der Waals surface area contributed by atoms with E-state index in [1.807, 2.05) is 6.92 Å². The number of carbonyl (C=O) groups excluding carboxylic acids is 1. The van der Waals surface area contributed by atoms with Gasteiger partial charge in [-0.3, -0.25) is 4.79 Å². The maximum absolute atomic E-state index is 11.1. The first-order valence-electron chi connectivity index (χ1n) is 4.39. The van der Waals surface area contributed by atoms with E-state index in [9.17, 15) is 4.79 Å². The number of hydrogen-bond acceptors (Lipinski definition) is 1. The zero-order valence-electron chi connectivity index (χ0n) is 7.55. The highest BCUT2D eigenvalue weighted by atomic mass is 16.2. The van der Waals surface area contributed by atoms with E-state index in [4.69, 9.17) is 0 Å². The summed E-state index contributed by atoms with van der Waals surface area (Å²) < 4.78 is 0. The van der Waals surface area contributed by atoms with Crippen LogP contribution in [0.5, 0.6) is 0 Å². The van der Waals surface area contributed by atoms with Crippen molar-refractivity contribution in [2.75, 3.05) is 6.54 Å². The normalized spacial score (nSPS) is 31.1. The molecule has 1 fully saturated rings. The van der Waals surface area contributed by atoms with Crippen molar-refractivity contribution in [1.82, 2.24) is 5.32 Å². The van der Waals surface area contributed by atoms with Gasteiger partial charge in [0.25, 0.3) is 0 Å². The molecule has 0 unspecified atom stereocenters. The van der Waals surface area contributed by atoms with Crippen molar-refractivity contribution in [3.8, 4) is 0 Å². The molecule has 0 aromatic rings. The molecule has 2 nitrogen and oxygen atoms in total. The van der Waals surface area contributed by atoms with Crippen LogP contribution < -0.4 is 5.32 Å². The first-order valence-corrected chi connectivity index (χ1v) is 4.39. The molecule has 1 saturated heterocycles. The third kappa shape index (κ3) is 1.95. The zero-order valence-corrected chi connectivity index (χ0v) is 7.55. The highest BCUT2D eigenvalue weighted by Gasteiger charge is 2.30. The minimum Gasteiger partial charge on any atom is -0.356 e. The van der Waals surface area contributed by atoms with Crippen LogP contribution in [-0.2, 0) is 4.79 Å². The van der Waals surface area contributed by atoms with E-state index in [0.29, 0.717) is 11.8 Å². The molecule has 0 saturated carbocycles. The van der Waals surface area contributed by atoms with E-state index in [1.54, 1.807) is 0 Å². The van der Waals surface area contributed by atoms with Gasteiger partial charge in [-0.1, -0.05) is 20.8 Å². The first kappa shape index (κ1) is 8.57. The van der Waals surface area contributed by atoms with E-state index < -0.39 is 0 Å².